The van der Waals surface area contributed by atoms with Crippen molar-refractivity contribution >= 4 is 29.1 Å². The van der Waals surface area contributed by atoms with Gasteiger partial charge in [0.25, 0.3) is 11.8 Å². The normalized spacial score (nSPS) is 17.3. The third-order valence-corrected chi connectivity index (χ3v) is 7.67. The number of amides is 2. The molecule has 1 unspecified atom stereocenters. The van der Waals surface area contributed by atoms with Crippen LogP contribution in [-0.2, 0) is 9.53 Å². The molecule has 0 aliphatic carbocycles. The first-order valence-corrected chi connectivity index (χ1v) is 13.9. The molecule has 1 saturated heterocycles. The maximum atomic E-state index is 15.0. The van der Waals surface area contributed by atoms with Gasteiger partial charge in [-0.3, -0.25) is 14.5 Å². The minimum Gasteiger partial charge on any atom is -0.497 e. The molecule has 3 aromatic rings. The third-order valence-electron chi connectivity index (χ3n) is 7.34. The lowest BCUT2D eigenvalue weighted by Gasteiger charge is -2.31. The summed E-state index contributed by atoms with van der Waals surface area (Å²) in [6.45, 7) is 3.38. The average Bonchev–Trinajstić information content (AvgIpc) is 3.45. The molecule has 10 heteroatoms. The smallest absolute Gasteiger partial charge is 0.262 e. The number of morpholine rings is 1. The molecule has 2 aliphatic heterocycles. The number of carbonyl (C=O) groups excluding carboxylic acids is 2. The lowest BCUT2D eigenvalue weighted by Crippen LogP contribution is -2.46. The Hall–Kier alpha value is -3.79. The number of hydrogen-bond donors (Lipinski definition) is 0. The van der Waals surface area contributed by atoms with Crippen molar-refractivity contribution in [2.24, 2.45) is 5.10 Å². The fraction of sp³-hybridized carbons (Fsp3) is 0.323. The minimum atomic E-state index is -0.665. The predicted molar refractivity (Wildman–Crippen MR) is 155 cm³/mol. The number of ether oxygens (including phenoxy) is 2. The Balaban J connectivity index is 1.44. The zero-order valence-electron chi connectivity index (χ0n) is 22.8. The summed E-state index contributed by atoms with van der Waals surface area (Å²) >= 11 is 6.36. The molecular formula is C31H32ClFN4O4. The number of hydrazone groups is 1. The topological polar surface area (TPSA) is 74.7 Å². The van der Waals surface area contributed by atoms with Gasteiger partial charge in [0.2, 0.25) is 0 Å². The summed E-state index contributed by atoms with van der Waals surface area (Å²) in [6, 6.07) is 19.9. The van der Waals surface area contributed by atoms with Crippen LogP contribution in [0.3, 0.4) is 0 Å². The first-order valence-electron chi connectivity index (χ1n) is 13.6. The summed E-state index contributed by atoms with van der Waals surface area (Å²) in [5.74, 6) is -0.542. The summed E-state index contributed by atoms with van der Waals surface area (Å²) in [6.07, 6.45) is 0.312. The van der Waals surface area contributed by atoms with Crippen LogP contribution < -0.4 is 4.74 Å². The zero-order valence-corrected chi connectivity index (χ0v) is 23.6. The van der Waals surface area contributed by atoms with Crippen molar-refractivity contribution in [3.05, 3.63) is 100 Å². The molecule has 214 valence electrons. The summed E-state index contributed by atoms with van der Waals surface area (Å²) < 4.78 is 25.8. The van der Waals surface area contributed by atoms with Gasteiger partial charge in [0.05, 0.1) is 42.7 Å². The Bertz CT molecular complexity index is 1430. The van der Waals surface area contributed by atoms with Gasteiger partial charge in [-0.1, -0.05) is 54.1 Å². The van der Waals surface area contributed by atoms with E-state index < -0.39 is 17.8 Å². The highest BCUT2D eigenvalue weighted by Gasteiger charge is 2.36. The number of halogens is 2. The van der Waals surface area contributed by atoms with Gasteiger partial charge in [0, 0.05) is 43.7 Å². The zero-order chi connectivity index (χ0) is 28.8. The summed E-state index contributed by atoms with van der Waals surface area (Å²) in [7, 11) is 1.58. The van der Waals surface area contributed by atoms with Gasteiger partial charge in [0.1, 0.15) is 18.1 Å². The average molecular weight is 579 g/mol. The van der Waals surface area contributed by atoms with Crippen LogP contribution in [0, 0.1) is 5.82 Å². The molecule has 0 radical (unpaired) electrons. The molecule has 5 rings (SSSR count). The molecule has 8 nitrogen and oxygen atoms in total. The Kier molecular flexibility index (Phi) is 9.28. The second-order valence-electron chi connectivity index (χ2n) is 9.92. The van der Waals surface area contributed by atoms with E-state index in [1.165, 1.54) is 16.0 Å². The molecule has 0 aromatic heterocycles. The number of benzene rings is 3. The Morgan fingerprint density at radius 3 is 2.59 bits per heavy atom. The number of nitrogens with zero attached hydrogens (tertiary/aromatic N) is 4. The standard InChI is InChI=1S/C31H32ClFN4O4/c1-40-23-8-6-7-22(19-23)28-20-29(25-10-3-5-12-27(25)33)37(34-28)30(38)21-36(14-13-35-15-17-41-18-16-35)31(39)24-9-2-4-11-26(24)32/h2-12,19,29H,13-18,20-21H2,1H3. The highest BCUT2D eigenvalue weighted by atomic mass is 35.5. The van der Waals surface area contributed by atoms with E-state index in [4.69, 9.17) is 21.1 Å². The van der Waals surface area contributed by atoms with Gasteiger partial charge in [0.15, 0.2) is 0 Å². The molecule has 0 bridgehead atoms. The van der Waals surface area contributed by atoms with Crippen LogP contribution in [0.1, 0.15) is 33.9 Å². The number of carbonyl (C=O) groups is 2. The van der Waals surface area contributed by atoms with Crippen molar-refractivity contribution in [1.82, 2.24) is 14.8 Å². The lowest BCUT2D eigenvalue weighted by atomic mass is 9.98. The molecule has 0 spiro atoms. The van der Waals surface area contributed by atoms with Crippen molar-refractivity contribution < 1.29 is 23.5 Å². The SMILES string of the molecule is COc1cccc(C2=NN(C(=O)CN(CCN3CCOCC3)C(=O)c3ccccc3Cl)C(c3ccccc3F)C2)c1. The van der Waals surface area contributed by atoms with Crippen LogP contribution in [0.4, 0.5) is 4.39 Å². The van der Waals surface area contributed by atoms with Crippen LogP contribution in [0.2, 0.25) is 5.02 Å². The lowest BCUT2D eigenvalue weighted by molar-refractivity contribution is -0.133. The quantitative estimate of drug-likeness (QED) is 0.370. The monoisotopic (exact) mass is 578 g/mol. The van der Waals surface area contributed by atoms with E-state index in [1.54, 1.807) is 49.6 Å². The minimum absolute atomic E-state index is 0.242. The summed E-state index contributed by atoms with van der Waals surface area (Å²) in [5, 5.41) is 6.30. The van der Waals surface area contributed by atoms with Gasteiger partial charge in [-0.25, -0.2) is 9.40 Å². The van der Waals surface area contributed by atoms with Gasteiger partial charge >= 0.3 is 0 Å². The van der Waals surface area contributed by atoms with Crippen LogP contribution in [-0.4, -0.2) is 85.4 Å². The maximum Gasteiger partial charge on any atom is 0.262 e. The molecule has 2 heterocycles. The Morgan fingerprint density at radius 1 is 1.07 bits per heavy atom. The van der Waals surface area contributed by atoms with Crippen LogP contribution in [0.25, 0.3) is 0 Å². The van der Waals surface area contributed by atoms with E-state index in [-0.39, 0.29) is 12.5 Å². The molecule has 0 saturated carbocycles. The summed E-state index contributed by atoms with van der Waals surface area (Å²) in [5.41, 5.74) is 2.08. The van der Waals surface area contributed by atoms with Crippen molar-refractivity contribution in [2.75, 3.05) is 53.0 Å². The van der Waals surface area contributed by atoms with E-state index in [0.29, 0.717) is 60.3 Å². The highest BCUT2D eigenvalue weighted by Crippen LogP contribution is 2.35. The Labute approximate surface area is 243 Å². The number of hydrogen-bond acceptors (Lipinski definition) is 6. The molecule has 41 heavy (non-hydrogen) atoms. The van der Waals surface area contributed by atoms with Gasteiger partial charge < -0.3 is 14.4 Å². The molecule has 1 fully saturated rings. The largest absolute Gasteiger partial charge is 0.497 e. The molecule has 1 atom stereocenters. The molecule has 2 amide bonds. The van der Waals surface area contributed by atoms with Crippen LogP contribution in [0.5, 0.6) is 5.75 Å². The second kappa shape index (κ2) is 13.2. The second-order valence-corrected chi connectivity index (χ2v) is 10.3. The first kappa shape index (κ1) is 28.7. The van der Waals surface area contributed by atoms with E-state index >= 15 is 4.39 Å². The van der Waals surface area contributed by atoms with E-state index in [1.807, 2.05) is 24.3 Å². The molecule has 3 aromatic carbocycles. The highest BCUT2D eigenvalue weighted by molar-refractivity contribution is 6.33. The first-order chi connectivity index (χ1) is 19.9. The third kappa shape index (κ3) is 6.75. The fourth-order valence-corrected chi connectivity index (χ4v) is 5.30. The van der Waals surface area contributed by atoms with E-state index in [2.05, 4.69) is 10.0 Å². The van der Waals surface area contributed by atoms with Crippen molar-refractivity contribution in [3.8, 4) is 5.75 Å². The fourth-order valence-electron chi connectivity index (χ4n) is 5.08. The van der Waals surface area contributed by atoms with E-state index in [0.717, 1.165) is 18.7 Å². The van der Waals surface area contributed by atoms with Crippen LogP contribution in [0.15, 0.2) is 77.9 Å². The van der Waals surface area contributed by atoms with Gasteiger partial charge in [-0.05, 0) is 30.3 Å². The number of rotatable bonds is 9. The van der Waals surface area contributed by atoms with E-state index in [9.17, 15) is 9.59 Å². The molecular weight excluding hydrogens is 547 g/mol. The van der Waals surface area contributed by atoms with Gasteiger partial charge in [-0.15, -0.1) is 0 Å². The molecule has 0 N–H and O–H groups in total. The Morgan fingerprint density at radius 2 is 1.83 bits per heavy atom. The maximum absolute atomic E-state index is 15.0. The summed E-state index contributed by atoms with van der Waals surface area (Å²) in [4.78, 5) is 31.3. The molecule has 2 aliphatic rings. The van der Waals surface area contributed by atoms with Crippen LogP contribution >= 0.6 is 11.6 Å². The van der Waals surface area contributed by atoms with Crippen molar-refractivity contribution in [3.63, 3.8) is 0 Å². The predicted octanol–water partition coefficient (Wildman–Crippen LogP) is 4.64. The van der Waals surface area contributed by atoms with Crippen molar-refractivity contribution in [2.45, 2.75) is 12.5 Å². The van der Waals surface area contributed by atoms with Gasteiger partial charge in [-0.2, -0.15) is 5.10 Å². The van der Waals surface area contributed by atoms with Crippen molar-refractivity contribution in [1.29, 1.82) is 0 Å². The number of methoxy groups -OCH3 is 1.